The number of ether oxygens (including phenoxy) is 3. The molecule has 8 nitrogen and oxygen atoms in total. The van der Waals surface area contributed by atoms with Crippen molar-refractivity contribution in [3.8, 4) is 29.3 Å². The lowest BCUT2D eigenvalue weighted by Gasteiger charge is -2.28. The van der Waals surface area contributed by atoms with Crippen LogP contribution >= 0.6 is 0 Å². The van der Waals surface area contributed by atoms with Crippen molar-refractivity contribution in [2.24, 2.45) is 11.8 Å². The Kier molecular flexibility index (Phi) is 15.8. The number of aromatic hydroxyl groups is 1. The molecule has 6 bridgehead atoms. The molecule has 2 aliphatic heterocycles. The fraction of sp³-hybridized carbons (Fsp3) is 0.431. The first-order valence-electron chi connectivity index (χ1n) is 21.5. The van der Waals surface area contributed by atoms with Crippen molar-refractivity contribution in [3.63, 3.8) is 0 Å². The van der Waals surface area contributed by atoms with Gasteiger partial charge in [0.1, 0.15) is 36.1 Å². The standard InChI is InChI=1S/C51H61NO7/c1-4-5-6-13-40-25-26-58-46(31-42-30-44(54)21-18-39(42)12-8-7-10-36-11-9-14-43(28-36)52-33-35(2)53)32-45(55)20-15-37-17-24-49(57-3)50(29-37)59-34-38-16-22-47-41(27-38)19-23-48(56)51(40)47/h9,11,14,16-19,21-24,27-30,35,39-40,42,46,52-54,56H,4-8,10,12-13,15,20,31-34H2,1-3H3. The van der Waals surface area contributed by atoms with Crippen LogP contribution in [0, 0.1) is 23.9 Å². The van der Waals surface area contributed by atoms with E-state index in [-0.39, 0.29) is 41.5 Å². The zero-order valence-electron chi connectivity index (χ0n) is 34.9. The number of fused-ring (bicyclic) bond motifs is 9. The fourth-order valence-electron chi connectivity index (χ4n) is 8.32. The van der Waals surface area contributed by atoms with E-state index in [4.69, 9.17) is 14.2 Å². The Morgan fingerprint density at radius 1 is 0.932 bits per heavy atom. The topological polar surface area (TPSA) is 117 Å². The molecule has 0 fully saturated rings. The molecule has 59 heavy (non-hydrogen) atoms. The van der Waals surface area contributed by atoms with Gasteiger partial charge in [-0.3, -0.25) is 4.79 Å². The van der Waals surface area contributed by atoms with Gasteiger partial charge in [-0.15, -0.1) is 0 Å². The lowest BCUT2D eigenvalue weighted by molar-refractivity contribution is -0.121. The van der Waals surface area contributed by atoms with E-state index in [9.17, 15) is 20.1 Å². The summed E-state index contributed by atoms with van der Waals surface area (Å²) in [5.41, 5.74) is 5.01. The highest BCUT2D eigenvalue weighted by molar-refractivity contribution is 5.89. The molecule has 4 N–H and O–H groups in total. The second kappa shape index (κ2) is 21.6. The number of benzene rings is 4. The quantitative estimate of drug-likeness (QED) is 0.0694. The average Bonchev–Trinajstić information content (AvgIpc) is 3.23. The Bertz CT molecular complexity index is 2140. The van der Waals surface area contributed by atoms with Gasteiger partial charge >= 0.3 is 0 Å². The normalized spacial score (nSPS) is 20.0. The summed E-state index contributed by atoms with van der Waals surface area (Å²) in [5, 5.41) is 36.9. The molecule has 0 amide bonds. The number of hydrogen-bond donors (Lipinski definition) is 4. The number of allylic oxidation sites excluding steroid dienone is 3. The van der Waals surface area contributed by atoms with Gasteiger partial charge in [0.05, 0.1) is 19.1 Å². The van der Waals surface area contributed by atoms with E-state index < -0.39 is 12.2 Å². The van der Waals surface area contributed by atoms with Crippen LogP contribution in [0.25, 0.3) is 10.8 Å². The SMILES string of the molecule is CCCCCC1C#COC(CC2C=C(O)C=CC2CCCCc2cccc(NCC(C)O)c2)CC(=O)CCc2ccc(OC)c(c2)OCc2ccc3c1c(O)ccc3c2. The van der Waals surface area contributed by atoms with Gasteiger partial charge in [0.2, 0.25) is 0 Å². The van der Waals surface area contributed by atoms with Crippen molar-refractivity contribution < 1.29 is 34.3 Å². The van der Waals surface area contributed by atoms with Crippen LogP contribution in [0.2, 0.25) is 0 Å². The molecule has 7 rings (SSSR count). The van der Waals surface area contributed by atoms with Crippen molar-refractivity contribution in [1.82, 2.24) is 0 Å². The van der Waals surface area contributed by atoms with Crippen molar-refractivity contribution in [3.05, 3.63) is 119 Å². The van der Waals surface area contributed by atoms with Crippen LogP contribution < -0.4 is 14.8 Å². The predicted octanol–water partition coefficient (Wildman–Crippen LogP) is 10.9. The molecule has 8 heteroatoms. The average molecular weight is 800 g/mol. The first-order valence-corrected chi connectivity index (χ1v) is 21.5. The van der Waals surface area contributed by atoms with Crippen molar-refractivity contribution >= 4 is 22.2 Å². The van der Waals surface area contributed by atoms with E-state index in [2.05, 4.69) is 48.5 Å². The van der Waals surface area contributed by atoms with E-state index in [1.807, 2.05) is 54.6 Å². The summed E-state index contributed by atoms with van der Waals surface area (Å²) in [6.45, 7) is 4.78. The molecule has 0 radical (unpaired) electrons. The van der Waals surface area contributed by atoms with Gasteiger partial charge in [-0.1, -0.05) is 81.0 Å². The molecule has 3 aliphatic rings. The Balaban J connectivity index is 1.24. The second-order valence-electron chi connectivity index (χ2n) is 16.3. The highest BCUT2D eigenvalue weighted by Gasteiger charge is 2.27. The zero-order chi connectivity index (χ0) is 41.6. The van der Waals surface area contributed by atoms with Crippen LogP contribution in [-0.2, 0) is 29.0 Å². The minimum atomic E-state index is -0.494. The molecular weight excluding hydrogens is 739 g/mol. The number of unbranched alkanes of at least 4 members (excludes halogenated alkanes) is 3. The van der Waals surface area contributed by atoms with Crippen molar-refractivity contribution in [1.29, 1.82) is 0 Å². The molecule has 0 saturated carbocycles. The summed E-state index contributed by atoms with van der Waals surface area (Å²) in [5.74, 6) is 5.01. The predicted molar refractivity (Wildman–Crippen MR) is 236 cm³/mol. The summed E-state index contributed by atoms with van der Waals surface area (Å²) < 4.78 is 18.3. The Hall–Kier alpha value is -5.39. The maximum absolute atomic E-state index is 13.7. The van der Waals surface area contributed by atoms with Gasteiger partial charge in [-0.2, -0.15) is 0 Å². The summed E-state index contributed by atoms with van der Waals surface area (Å²) in [7, 11) is 1.62. The van der Waals surface area contributed by atoms with E-state index in [1.54, 1.807) is 26.2 Å². The third-order valence-electron chi connectivity index (χ3n) is 11.5. The molecule has 0 spiro atoms. The third kappa shape index (κ3) is 12.6. The minimum absolute atomic E-state index is 0.0350. The maximum atomic E-state index is 13.7. The smallest absolute Gasteiger partial charge is 0.161 e. The number of anilines is 1. The van der Waals surface area contributed by atoms with Gasteiger partial charge in [-0.25, -0.2) is 0 Å². The van der Waals surface area contributed by atoms with Crippen LogP contribution in [0.3, 0.4) is 0 Å². The number of nitrogens with one attached hydrogen (secondary N) is 1. The number of aliphatic hydroxyl groups excluding tert-OH is 2. The number of phenolic OH excluding ortho intramolecular Hbond substituents is 1. The first kappa shape index (κ1) is 43.2. The van der Waals surface area contributed by atoms with E-state index in [0.717, 1.165) is 84.5 Å². The maximum Gasteiger partial charge on any atom is 0.161 e. The summed E-state index contributed by atoms with van der Waals surface area (Å²) >= 11 is 0. The van der Waals surface area contributed by atoms with Gasteiger partial charge in [0.15, 0.2) is 11.5 Å². The van der Waals surface area contributed by atoms with Gasteiger partial charge in [-0.05, 0) is 133 Å². The first-order chi connectivity index (χ1) is 28.7. The monoisotopic (exact) mass is 799 g/mol. The number of methoxy groups -OCH3 is 1. The van der Waals surface area contributed by atoms with Crippen LogP contribution in [0.15, 0.2) is 96.8 Å². The second-order valence-corrected chi connectivity index (χ2v) is 16.3. The number of carbonyl (C=O) groups is 1. The van der Waals surface area contributed by atoms with E-state index in [0.29, 0.717) is 43.9 Å². The van der Waals surface area contributed by atoms with Gasteiger partial charge in [0.25, 0.3) is 0 Å². The molecule has 4 aromatic carbocycles. The third-order valence-corrected chi connectivity index (χ3v) is 11.5. The molecule has 0 aromatic heterocycles. The molecule has 312 valence electrons. The number of phenols is 1. The largest absolute Gasteiger partial charge is 0.508 e. The number of Topliss-reactive ketones (excluding diaryl/α,β-unsaturated/α-hetero) is 1. The fourth-order valence-corrected chi connectivity index (χ4v) is 8.32. The lowest BCUT2D eigenvalue weighted by Crippen LogP contribution is -2.24. The Morgan fingerprint density at radius 2 is 1.78 bits per heavy atom. The van der Waals surface area contributed by atoms with Crippen LogP contribution in [-0.4, -0.2) is 47.0 Å². The number of aliphatic hydroxyl groups is 2. The minimum Gasteiger partial charge on any atom is -0.508 e. The number of hydrogen-bond acceptors (Lipinski definition) is 8. The van der Waals surface area contributed by atoms with Crippen molar-refractivity contribution in [2.75, 3.05) is 19.0 Å². The summed E-state index contributed by atoms with van der Waals surface area (Å²) in [6, 6.07) is 24.0. The van der Waals surface area contributed by atoms with Gasteiger partial charge < -0.3 is 34.8 Å². The number of carbonyl (C=O) groups excluding carboxylic acids is 1. The molecule has 4 aromatic rings. The Labute approximate surface area is 350 Å². The van der Waals surface area contributed by atoms with Crippen LogP contribution in [0.1, 0.15) is 106 Å². The number of rotatable bonds is 15. The lowest BCUT2D eigenvalue weighted by atomic mass is 9.80. The molecule has 2 heterocycles. The summed E-state index contributed by atoms with van der Waals surface area (Å²) in [6.07, 6.45) is 17.2. The highest BCUT2D eigenvalue weighted by atomic mass is 16.5. The Morgan fingerprint density at radius 3 is 2.61 bits per heavy atom. The highest BCUT2D eigenvalue weighted by Crippen LogP contribution is 2.38. The summed E-state index contributed by atoms with van der Waals surface area (Å²) in [4.78, 5) is 13.7. The van der Waals surface area contributed by atoms with Crippen molar-refractivity contribution in [2.45, 2.75) is 116 Å². The molecule has 1 aliphatic carbocycles. The molecule has 5 unspecified atom stereocenters. The molecule has 0 saturated heterocycles. The van der Waals surface area contributed by atoms with Gasteiger partial charge in [0, 0.05) is 30.6 Å². The molecule has 5 atom stereocenters. The zero-order valence-corrected chi connectivity index (χ0v) is 34.9. The van der Waals surface area contributed by atoms with Crippen LogP contribution in [0.4, 0.5) is 5.69 Å². The molecular formula is C51H61NO7. The van der Waals surface area contributed by atoms with Crippen LogP contribution in [0.5, 0.6) is 17.2 Å². The van der Waals surface area contributed by atoms with E-state index in [1.165, 1.54) is 5.56 Å². The number of ketones is 1. The number of aryl methyl sites for hydroxylation is 2. The van der Waals surface area contributed by atoms with E-state index >= 15 is 0 Å².